The number of nitrogens with zero attached hydrogens (tertiary/aromatic N) is 2. The van der Waals surface area contributed by atoms with Gasteiger partial charge in [0.1, 0.15) is 5.82 Å². The molecule has 0 fully saturated rings. The topological polar surface area (TPSA) is 64.0 Å². The van der Waals surface area contributed by atoms with Crippen LogP contribution in [0.25, 0.3) is 11.0 Å². The Balaban J connectivity index is 2.10. The number of rotatable bonds is 5. The SMILES string of the molecule is CCS(=O)(=O)NCCc1ccc2c(c1)nc(C)n2C. The molecule has 0 atom stereocenters. The van der Waals surface area contributed by atoms with Crippen LogP contribution in [0.3, 0.4) is 0 Å². The largest absolute Gasteiger partial charge is 0.331 e. The standard InChI is InChI=1S/C13H19N3O2S/c1-4-19(17,18)14-8-7-11-5-6-13-12(9-11)15-10(2)16(13)3/h5-6,9,14H,4,7-8H2,1-3H3. The van der Waals surface area contributed by atoms with Crippen molar-refractivity contribution < 1.29 is 8.42 Å². The Morgan fingerprint density at radius 3 is 2.79 bits per heavy atom. The van der Waals surface area contributed by atoms with Crippen LogP contribution in [0, 0.1) is 6.92 Å². The molecule has 1 aromatic heterocycles. The summed E-state index contributed by atoms with van der Waals surface area (Å²) in [7, 11) is -1.12. The first kappa shape index (κ1) is 14.0. The first-order chi connectivity index (χ1) is 8.93. The van der Waals surface area contributed by atoms with E-state index in [1.54, 1.807) is 6.92 Å². The monoisotopic (exact) mass is 281 g/mol. The molecule has 104 valence electrons. The number of benzene rings is 1. The van der Waals surface area contributed by atoms with Crippen LogP contribution in [0.1, 0.15) is 18.3 Å². The van der Waals surface area contributed by atoms with E-state index < -0.39 is 10.0 Å². The third kappa shape index (κ3) is 3.13. The fourth-order valence-corrected chi connectivity index (χ4v) is 2.59. The second-order valence-corrected chi connectivity index (χ2v) is 6.68. The molecule has 0 amide bonds. The lowest BCUT2D eigenvalue weighted by atomic mass is 10.1. The number of imidazole rings is 1. The number of hydrogen-bond acceptors (Lipinski definition) is 3. The third-order valence-corrected chi connectivity index (χ3v) is 4.69. The van der Waals surface area contributed by atoms with E-state index in [1.165, 1.54) is 0 Å². The number of fused-ring (bicyclic) bond motifs is 1. The van der Waals surface area contributed by atoms with Gasteiger partial charge in [-0.25, -0.2) is 18.1 Å². The Bertz CT molecular complexity index is 689. The van der Waals surface area contributed by atoms with E-state index in [0.29, 0.717) is 13.0 Å². The maximum atomic E-state index is 11.3. The van der Waals surface area contributed by atoms with Crippen molar-refractivity contribution in [3.63, 3.8) is 0 Å². The second-order valence-electron chi connectivity index (χ2n) is 4.59. The van der Waals surface area contributed by atoms with Gasteiger partial charge in [0.2, 0.25) is 10.0 Å². The van der Waals surface area contributed by atoms with Crippen LogP contribution in [0.5, 0.6) is 0 Å². The third-order valence-electron chi connectivity index (χ3n) is 3.28. The molecule has 1 heterocycles. The maximum absolute atomic E-state index is 11.3. The number of aromatic nitrogens is 2. The zero-order valence-electron chi connectivity index (χ0n) is 11.5. The van der Waals surface area contributed by atoms with E-state index in [2.05, 4.69) is 9.71 Å². The van der Waals surface area contributed by atoms with Gasteiger partial charge in [-0.05, 0) is 38.0 Å². The summed E-state index contributed by atoms with van der Waals surface area (Å²) in [5.74, 6) is 1.09. The predicted molar refractivity (Wildman–Crippen MR) is 76.6 cm³/mol. The van der Waals surface area contributed by atoms with E-state index >= 15 is 0 Å². The Labute approximate surface area is 113 Å². The molecule has 6 heteroatoms. The van der Waals surface area contributed by atoms with Crippen molar-refractivity contribution in [2.75, 3.05) is 12.3 Å². The molecule has 1 N–H and O–H groups in total. The Kier molecular flexibility index (Phi) is 3.91. The highest BCUT2D eigenvalue weighted by molar-refractivity contribution is 7.89. The summed E-state index contributed by atoms with van der Waals surface area (Å²) in [6.07, 6.45) is 0.671. The Hall–Kier alpha value is -1.40. The summed E-state index contributed by atoms with van der Waals surface area (Å²) in [6, 6.07) is 6.06. The molecule has 1 aromatic carbocycles. The molecule has 0 saturated heterocycles. The molecule has 19 heavy (non-hydrogen) atoms. The minimum atomic E-state index is -3.10. The normalized spacial score (nSPS) is 12.2. The van der Waals surface area contributed by atoms with Gasteiger partial charge < -0.3 is 4.57 Å². The smallest absolute Gasteiger partial charge is 0.211 e. The summed E-state index contributed by atoms with van der Waals surface area (Å²) in [5.41, 5.74) is 3.13. The van der Waals surface area contributed by atoms with Crippen molar-refractivity contribution in [3.8, 4) is 0 Å². The van der Waals surface area contributed by atoms with Gasteiger partial charge in [-0.15, -0.1) is 0 Å². The summed E-state index contributed by atoms with van der Waals surface area (Å²) >= 11 is 0. The molecular formula is C13H19N3O2S. The molecule has 2 aromatic rings. The number of aryl methyl sites for hydroxylation is 2. The van der Waals surface area contributed by atoms with Crippen molar-refractivity contribution in [2.45, 2.75) is 20.3 Å². The van der Waals surface area contributed by atoms with E-state index in [9.17, 15) is 8.42 Å². The first-order valence-corrected chi connectivity index (χ1v) is 7.97. The highest BCUT2D eigenvalue weighted by Gasteiger charge is 2.07. The highest BCUT2D eigenvalue weighted by atomic mass is 32.2. The van der Waals surface area contributed by atoms with E-state index in [1.807, 2.05) is 36.7 Å². The highest BCUT2D eigenvalue weighted by Crippen LogP contribution is 2.16. The van der Waals surface area contributed by atoms with Crippen molar-refractivity contribution in [3.05, 3.63) is 29.6 Å². The summed E-state index contributed by atoms with van der Waals surface area (Å²) in [4.78, 5) is 4.47. The quantitative estimate of drug-likeness (QED) is 0.900. The van der Waals surface area contributed by atoms with Gasteiger partial charge in [0.15, 0.2) is 0 Å². The van der Waals surface area contributed by atoms with E-state index in [-0.39, 0.29) is 5.75 Å². The molecule has 0 aliphatic rings. The fourth-order valence-electron chi connectivity index (χ4n) is 1.97. The molecule has 0 aliphatic carbocycles. The minimum Gasteiger partial charge on any atom is -0.331 e. The van der Waals surface area contributed by atoms with Crippen molar-refractivity contribution >= 4 is 21.1 Å². The zero-order chi connectivity index (χ0) is 14.0. The van der Waals surface area contributed by atoms with Gasteiger partial charge in [-0.3, -0.25) is 0 Å². The number of hydrogen-bond donors (Lipinski definition) is 1. The molecule has 5 nitrogen and oxygen atoms in total. The van der Waals surface area contributed by atoms with Crippen LogP contribution in [0.2, 0.25) is 0 Å². The molecule has 0 bridgehead atoms. The molecular weight excluding hydrogens is 262 g/mol. The van der Waals surface area contributed by atoms with Crippen LogP contribution in [-0.2, 0) is 23.5 Å². The lowest BCUT2D eigenvalue weighted by molar-refractivity contribution is 0.583. The summed E-state index contributed by atoms with van der Waals surface area (Å²) in [5, 5.41) is 0. The lowest BCUT2D eigenvalue weighted by Gasteiger charge is -2.04. The molecule has 0 spiro atoms. The van der Waals surface area contributed by atoms with Gasteiger partial charge in [-0.2, -0.15) is 0 Å². The van der Waals surface area contributed by atoms with Crippen LogP contribution in [0.4, 0.5) is 0 Å². The molecule has 0 saturated carbocycles. The average molecular weight is 281 g/mol. The molecule has 0 aliphatic heterocycles. The van der Waals surface area contributed by atoms with Gasteiger partial charge >= 0.3 is 0 Å². The van der Waals surface area contributed by atoms with Crippen LogP contribution in [-0.4, -0.2) is 30.3 Å². The lowest BCUT2D eigenvalue weighted by Crippen LogP contribution is -2.27. The van der Waals surface area contributed by atoms with Gasteiger partial charge in [0.05, 0.1) is 16.8 Å². The second kappa shape index (κ2) is 5.30. The first-order valence-electron chi connectivity index (χ1n) is 6.32. The van der Waals surface area contributed by atoms with Gasteiger partial charge in [0.25, 0.3) is 0 Å². The molecule has 2 rings (SSSR count). The summed E-state index contributed by atoms with van der Waals surface area (Å²) < 4.78 is 27.3. The summed E-state index contributed by atoms with van der Waals surface area (Å²) in [6.45, 7) is 4.02. The zero-order valence-corrected chi connectivity index (χ0v) is 12.3. The van der Waals surface area contributed by atoms with E-state index in [0.717, 1.165) is 22.4 Å². The van der Waals surface area contributed by atoms with E-state index in [4.69, 9.17) is 0 Å². The van der Waals surface area contributed by atoms with Crippen molar-refractivity contribution in [2.24, 2.45) is 7.05 Å². The van der Waals surface area contributed by atoms with Crippen LogP contribution < -0.4 is 4.72 Å². The van der Waals surface area contributed by atoms with Crippen molar-refractivity contribution in [1.29, 1.82) is 0 Å². The van der Waals surface area contributed by atoms with Crippen LogP contribution >= 0.6 is 0 Å². The minimum absolute atomic E-state index is 0.117. The fraction of sp³-hybridized carbons (Fsp3) is 0.462. The number of sulfonamides is 1. The molecule has 0 unspecified atom stereocenters. The van der Waals surface area contributed by atoms with Crippen LogP contribution in [0.15, 0.2) is 18.2 Å². The Morgan fingerprint density at radius 1 is 1.37 bits per heavy atom. The average Bonchev–Trinajstić information content (AvgIpc) is 2.65. The predicted octanol–water partition coefficient (Wildman–Crippen LogP) is 1.36. The molecule has 0 radical (unpaired) electrons. The maximum Gasteiger partial charge on any atom is 0.211 e. The number of nitrogens with one attached hydrogen (secondary N) is 1. The Morgan fingerprint density at radius 2 is 2.11 bits per heavy atom. The van der Waals surface area contributed by atoms with Gasteiger partial charge in [-0.1, -0.05) is 6.07 Å². The van der Waals surface area contributed by atoms with Crippen molar-refractivity contribution in [1.82, 2.24) is 14.3 Å². The van der Waals surface area contributed by atoms with Gasteiger partial charge in [0, 0.05) is 13.6 Å².